The minimum Gasteiger partial charge on any atom is -0.314 e. The summed E-state index contributed by atoms with van der Waals surface area (Å²) in [4.78, 5) is 3.88. The summed E-state index contributed by atoms with van der Waals surface area (Å²) in [7, 11) is 0. The average Bonchev–Trinajstić information content (AvgIpc) is 2.26. The van der Waals surface area contributed by atoms with E-state index in [1.54, 1.807) is 12.3 Å². The Balaban J connectivity index is 2.48. The average molecular weight is 224 g/mol. The molecule has 3 heteroatoms. The van der Waals surface area contributed by atoms with E-state index in [1.807, 2.05) is 0 Å². The van der Waals surface area contributed by atoms with Crippen LogP contribution in [0.15, 0.2) is 18.5 Å². The van der Waals surface area contributed by atoms with Gasteiger partial charge in [0.25, 0.3) is 0 Å². The lowest BCUT2D eigenvalue weighted by atomic mass is 9.96. The van der Waals surface area contributed by atoms with Crippen LogP contribution in [0.4, 0.5) is 4.39 Å². The second-order valence-corrected chi connectivity index (χ2v) is 4.43. The molecule has 0 bridgehead atoms. The number of hydrogen-bond donors (Lipinski definition) is 1. The number of nitrogens with one attached hydrogen (secondary N) is 1. The van der Waals surface area contributed by atoms with E-state index in [2.05, 4.69) is 31.1 Å². The van der Waals surface area contributed by atoms with Crippen LogP contribution in [-0.2, 0) is 0 Å². The summed E-state index contributed by atoms with van der Waals surface area (Å²) < 4.78 is 13.0. The van der Waals surface area contributed by atoms with Crippen molar-refractivity contribution in [2.45, 2.75) is 45.6 Å². The van der Waals surface area contributed by atoms with Crippen LogP contribution in [0, 0.1) is 5.82 Å². The topological polar surface area (TPSA) is 24.9 Å². The largest absolute Gasteiger partial charge is 0.314 e. The number of rotatable bonds is 6. The molecule has 16 heavy (non-hydrogen) atoms. The van der Waals surface area contributed by atoms with Gasteiger partial charge in [-0.05, 0) is 43.9 Å². The highest BCUT2D eigenvalue weighted by Crippen LogP contribution is 2.20. The predicted octanol–water partition coefficient (Wildman–Crippen LogP) is 3.10. The van der Waals surface area contributed by atoms with Gasteiger partial charge in [0.2, 0.25) is 0 Å². The molecule has 1 N–H and O–H groups in total. The van der Waals surface area contributed by atoms with Gasteiger partial charge in [-0.25, -0.2) is 4.39 Å². The van der Waals surface area contributed by atoms with Crippen LogP contribution in [-0.4, -0.2) is 17.6 Å². The number of aromatic nitrogens is 1. The normalized spacial score (nSPS) is 14.8. The third kappa shape index (κ3) is 4.27. The van der Waals surface area contributed by atoms with Crippen molar-refractivity contribution in [3.8, 4) is 0 Å². The minimum atomic E-state index is -0.251. The highest BCUT2D eigenvalue weighted by molar-refractivity contribution is 5.15. The Kier molecular flexibility index (Phi) is 5.39. The van der Waals surface area contributed by atoms with Crippen molar-refractivity contribution in [1.29, 1.82) is 0 Å². The number of nitrogens with zero attached hydrogens (tertiary/aromatic N) is 1. The predicted molar refractivity (Wildman–Crippen MR) is 65.0 cm³/mol. The Hall–Kier alpha value is -0.960. The molecule has 2 unspecified atom stereocenters. The lowest BCUT2D eigenvalue weighted by Gasteiger charge is -2.18. The maximum absolute atomic E-state index is 13.0. The molecular formula is C13H21FN2. The molecule has 2 nitrogen and oxygen atoms in total. The van der Waals surface area contributed by atoms with Crippen LogP contribution in [0.25, 0.3) is 0 Å². The zero-order valence-corrected chi connectivity index (χ0v) is 10.3. The van der Waals surface area contributed by atoms with Gasteiger partial charge in [-0.2, -0.15) is 0 Å². The molecule has 1 aromatic rings. The van der Waals surface area contributed by atoms with Crippen LogP contribution in [0.1, 0.15) is 45.1 Å². The number of halogens is 1. The van der Waals surface area contributed by atoms with E-state index in [0.29, 0.717) is 12.0 Å². The first kappa shape index (κ1) is 13.1. The first-order valence-electron chi connectivity index (χ1n) is 5.97. The molecule has 0 aliphatic heterocycles. The second kappa shape index (κ2) is 6.59. The van der Waals surface area contributed by atoms with Crippen molar-refractivity contribution in [3.63, 3.8) is 0 Å². The SMILES string of the molecule is CCCNC(C)CC(C)c1cncc(F)c1. The number of pyridine rings is 1. The molecule has 0 amide bonds. The molecular weight excluding hydrogens is 203 g/mol. The summed E-state index contributed by atoms with van der Waals surface area (Å²) in [5.74, 6) is 0.0843. The van der Waals surface area contributed by atoms with Crippen molar-refractivity contribution in [3.05, 3.63) is 29.8 Å². The molecule has 1 heterocycles. The molecule has 0 fully saturated rings. The van der Waals surface area contributed by atoms with Gasteiger partial charge in [0.1, 0.15) is 5.82 Å². The Morgan fingerprint density at radius 2 is 2.12 bits per heavy atom. The summed E-state index contributed by atoms with van der Waals surface area (Å²) in [5.41, 5.74) is 0.977. The maximum atomic E-state index is 13.0. The van der Waals surface area contributed by atoms with Crippen molar-refractivity contribution < 1.29 is 4.39 Å². The van der Waals surface area contributed by atoms with Crippen molar-refractivity contribution in [1.82, 2.24) is 10.3 Å². The molecule has 0 saturated carbocycles. The van der Waals surface area contributed by atoms with Gasteiger partial charge in [-0.1, -0.05) is 13.8 Å². The van der Waals surface area contributed by atoms with Crippen LogP contribution in [0.2, 0.25) is 0 Å². The Morgan fingerprint density at radius 3 is 2.75 bits per heavy atom. The lowest BCUT2D eigenvalue weighted by molar-refractivity contribution is 0.477. The summed E-state index contributed by atoms with van der Waals surface area (Å²) in [6.07, 6.45) is 5.14. The van der Waals surface area contributed by atoms with Gasteiger partial charge >= 0.3 is 0 Å². The molecule has 1 aromatic heterocycles. The Labute approximate surface area is 97.3 Å². The van der Waals surface area contributed by atoms with Crippen molar-refractivity contribution in [2.75, 3.05) is 6.54 Å². The Morgan fingerprint density at radius 1 is 1.38 bits per heavy atom. The summed E-state index contributed by atoms with van der Waals surface area (Å²) in [6, 6.07) is 2.03. The lowest BCUT2D eigenvalue weighted by Crippen LogP contribution is -2.28. The van der Waals surface area contributed by atoms with E-state index in [1.165, 1.54) is 6.20 Å². The summed E-state index contributed by atoms with van der Waals surface area (Å²) in [6.45, 7) is 7.47. The zero-order valence-electron chi connectivity index (χ0n) is 10.3. The van der Waals surface area contributed by atoms with E-state index >= 15 is 0 Å². The van der Waals surface area contributed by atoms with Crippen LogP contribution in [0.3, 0.4) is 0 Å². The second-order valence-electron chi connectivity index (χ2n) is 4.43. The molecule has 1 rings (SSSR count). The Bertz CT molecular complexity index is 315. The van der Waals surface area contributed by atoms with Gasteiger partial charge in [0.15, 0.2) is 0 Å². The van der Waals surface area contributed by atoms with E-state index in [4.69, 9.17) is 0 Å². The standard InChI is InChI=1S/C13H21FN2/c1-4-5-16-11(3)6-10(2)12-7-13(14)9-15-8-12/h7-11,16H,4-6H2,1-3H3. The first-order chi connectivity index (χ1) is 7.63. The third-order valence-electron chi connectivity index (χ3n) is 2.74. The maximum Gasteiger partial charge on any atom is 0.141 e. The molecule has 0 aliphatic rings. The smallest absolute Gasteiger partial charge is 0.141 e. The zero-order chi connectivity index (χ0) is 12.0. The van der Waals surface area contributed by atoms with E-state index < -0.39 is 0 Å². The van der Waals surface area contributed by atoms with E-state index in [9.17, 15) is 4.39 Å². The van der Waals surface area contributed by atoms with Crippen LogP contribution >= 0.6 is 0 Å². The van der Waals surface area contributed by atoms with Crippen molar-refractivity contribution >= 4 is 0 Å². The molecule has 2 atom stereocenters. The van der Waals surface area contributed by atoms with Gasteiger partial charge in [-0.3, -0.25) is 4.98 Å². The highest BCUT2D eigenvalue weighted by atomic mass is 19.1. The molecule has 90 valence electrons. The van der Waals surface area contributed by atoms with Gasteiger partial charge in [0.05, 0.1) is 6.20 Å². The van der Waals surface area contributed by atoms with E-state index in [0.717, 1.165) is 24.9 Å². The fraction of sp³-hybridized carbons (Fsp3) is 0.615. The minimum absolute atomic E-state index is 0.251. The van der Waals surface area contributed by atoms with Crippen molar-refractivity contribution in [2.24, 2.45) is 0 Å². The third-order valence-corrected chi connectivity index (χ3v) is 2.74. The van der Waals surface area contributed by atoms with Crippen LogP contribution < -0.4 is 5.32 Å². The molecule has 0 spiro atoms. The molecule has 0 saturated heterocycles. The quantitative estimate of drug-likeness (QED) is 0.803. The highest BCUT2D eigenvalue weighted by Gasteiger charge is 2.11. The van der Waals surface area contributed by atoms with Gasteiger partial charge < -0.3 is 5.32 Å². The number of hydrogen-bond acceptors (Lipinski definition) is 2. The summed E-state index contributed by atoms with van der Waals surface area (Å²) in [5, 5.41) is 3.43. The fourth-order valence-corrected chi connectivity index (χ4v) is 1.84. The fourth-order valence-electron chi connectivity index (χ4n) is 1.84. The monoisotopic (exact) mass is 224 g/mol. The summed E-state index contributed by atoms with van der Waals surface area (Å²) >= 11 is 0. The van der Waals surface area contributed by atoms with Gasteiger partial charge in [0, 0.05) is 12.2 Å². The molecule has 0 aromatic carbocycles. The van der Waals surface area contributed by atoms with E-state index in [-0.39, 0.29) is 5.82 Å². The molecule has 0 radical (unpaired) electrons. The first-order valence-corrected chi connectivity index (χ1v) is 5.97. The van der Waals surface area contributed by atoms with Gasteiger partial charge in [-0.15, -0.1) is 0 Å². The molecule has 0 aliphatic carbocycles. The van der Waals surface area contributed by atoms with Crippen LogP contribution in [0.5, 0.6) is 0 Å².